The van der Waals surface area contributed by atoms with Crippen LogP contribution in [-0.4, -0.2) is 29.0 Å². The fourth-order valence-electron chi connectivity index (χ4n) is 1.43. The molecule has 2 aromatic rings. The molecule has 0 fully saturated rings. The number of aromatic carboxylic acids is 1. The maximum absolute atomic E-state index is 12.1. The molecule has 6 heteroatoms. The fourth-order valence-corrected chi connectivity index (χ4v) is 2.12. The van der Waals surface area contributed by atoms with Crippen molar-refractivity contribution < 1.29 is 14.7 Å². The number of hydrogen-bond donors (Lipinski definition) is 1. The van der Waals surface area contributed by atoms with E-state index in [1.54, 1.807) is 7.05 Å². The van der Waals surface area contributed by atoms with E-state index >= 15 is 0 Å². The molecule has 2 aromatic heterocycles. The number of aromatic nitrogens is 1. The summed E-state index contributed by atoms with van der Waals surface area (Å²) in [7, 11) is 1.64. The van der Waals surface area contributed by atoms with Crippen LogP contribution >= 0.6 is 11.3 Å². The van der Waals surface area contributed by atoms with Crippen LogP contribution < -0.4 is 4.90 Å². The Morgan fingerprint density at radius 3 is 2.67 bits per heavy atom. The van der Waals surface area contributed by atoms with E-state index in [-0.39, 0.29) is 17.0 Å². The Labute approximate surface area is 107 Å². The SMILES string of the molecule is CN(C(=O)c1cncc(C(=O)O)c1)c1cccs1. The Balaban J connectivity index is 2.29. The maximum Gasteiger partial charge on any atom is 0.337 e. The van der Waals surface area contributed by atoms with Gasteiger partial charge < -0.3 is 10.0 Å². The van der Waals surface area contributed by atoms with Crippen LogP contribution in [0.2, 0.25) is 0 Å². The summed E-state index contributed by atoms with van der Waals surface area (Å²) in [5, 5.41) is 11.5. The second-order valence-electron chi connectivity index (χ2n) is 3.58. The van der Waals surface area contributed by atoms with Gasteiger partial charge >= 0.3 is 5.97 Å². The van der Waals surface area contributed by atoms with Gasteiger partial charge in [-0.1, -0.05) is 0 Å². The summed E-state index contributed by atoms with van der Waals surface area (Å²) in [6.07, 6.45) is 2.57. The number of carboxylic acid groups (broad SMARTS) is 1. The molecule has 5 nitrogen and oxygen atoms in total. The summed E-state index contributed by atoms with van der Waals surface area (Å²) in [5.74, 6) is -1.39. The first-order valence-corrected chi connectivity index (χ1v) is 5.97. The van der Waals surface area contributed by atoms with Gasteiger partial charge in [-0.05, 0) is 23.6 Å². The third kappa shape index (κ3) is 2.38. The Morgan fingerprint density at radius 2 is 2.06 bits per heavy atom. The van der Waals surface area contributed by atoms with Crippen molar-refractivity contribution >= 4 is 28.2 Å². The molecule has 0 saturated carbocycles. The summed E-state index contributed by atoms with van der Waals surface area (Å²) in [6.45, 7) is 0. The van der Waals surface area contributed by atoms with Gasteiger partial charge in [0.1, 0.15) is 0 Å². The van der Waals surface area contributed by atoms with Crippen LogP contribution in [0.1, 0.15) is 20.7 Å². The van der Waals surface area contributed by atoms with E-state index in [1.807, 2.05) is 17.5 Å². The zero-order valence-corrected chi connectivity index (χ0v) is 10.3. The molecule has 0 atom stereocenters. The van der Waals surface area contributed by atoms with Crippen LogP contribution in [-0.2, 0) is 0 Å². The molecule has 0 saturated heterocycles. The third-order valence-electron chi connectivity index (χ3n) is 2.37. The van der Waals surface area contributed by atoms with Gasteiger partial charge in [0.15, 0.2) is 0 Å². The van der Waals surface area contributed by atoms with Crippen molar-refractivity contribution in [2.24, 2.45) is 0 Å². The summed E-state index contributed by atoms with van der Waals surface area (Å²) in [4.78, 5) is 28.2. The molecular formula is C12H10N2O3S. The molecule has 92 valence electrons. The van der Waals surface area contributed by atoms with Crippen LogP contribution in [0.3, 0.4) is 0 Å². The number of amides is 1. The number of carboxylic acids is 1. The van der Waals surface area contributed by atoms with Gasteiger partial charge in [0.05, 0.1) is 16.1 Å². The number of pyridine rings is 1. The van der Waals surface area contributed by atoms with Gasteiger partial charge in [-0.2, -0.15) is 0 Å². The minimum Gasteiger partial charge on any atom is -0.478 e. The first kappa shape index (κ1) is 12.3. The molecular weight excluding hydrogens is 252 g/mol. The molecule has 2 rings (SSSR count). The van der Waals surface area contributed by atoms with Crippen molar-refractivity contribution in [3.8, 4) is 0 Å². The average molecular weight is 262 g/mol. The van der Waals surface area contributed by atoms with Gasteiger partial charge in [-0.15, -0.1) is 11.3 Å². The molecule has 0 aromatic carbocycles. The predicted octanol–water partition coefficient (Wildman–Crippen LogP) is 2.12. The van der Waals surface area contributed by atoms with Gasteiger partial charge in [-0.25, -0.2) is 4.79 Å². The largest absolute Gasteiger partial charge is 0.478 e. The van der Waals surface area contributed by atoms with Crippen molar-refractivity contribution in [3.63, 3.8) is 0 Å². The van der Waals surface area contributed by atoms with E-state index in [0.29, 0.717) is 0 Å². The van der Waals surface area contributed by atoms with Crippen molar-refractivity contribution in [2.45, 2.75) is 0 Å². The monoisotopic (exact) mass is 262 g/mol. The second-order valence-corrected chi connectivity index (χ2v) is 4.51. The molecule has 0 aliphatic heterocycles. The highest BCUT2D eigenvalue weighted by Crippen LogP contribution is 2.21. The molecule has 18 heavy (non-hydrogen) atoms. The van der Waals surface area contributed by atoms with Gasteiger partial charge in [0.25, 0.3) is 5.91 Å². The van der Waals surface area contributed by atoms with Gasteiger partial charge in [-0.3, -0.25) is 9.78 Å². The number of carbonyl (C=O) groups excluding carboxylic acids is 1. The number of rotatable bonds is 3. The standard InChI is InChI=1S/C12H10N2O3S/c1-14(10-3-2-4-18-10)11(15)8-5-9(12(16)17)7-13-6-8/h2-7H,1H3,(H,16,17). The van der Waals surface area contributed by atoms with Crippen molar-refractivity contribution in [1.82, 2.24) is 4.98 Å². The van der Waals surface area contributed by atoms with E-state index in [9.17, 15) is 9.59 Å². The minimum atomic E-state index is -1.10. The normalized spacial score (nSPS) is 10.1. The molecule has 1 amide bonds. The highest BCUT2D eigenvalue weighted by atomic mass is 32.1. The van der Waals surface area contributed by atoms with E-state index in [4.69, 9.17) is 5.11 Å². The van der Waals surface area contributed by atoms with Crippen LogP contribution in [0.25, 0.3) is 0 Å². The van der Waals surface area contributed by atoms with Crippen molar-refractivity contribution in [3.05, 3.63) is 47.1 Å². The quantitative estimate of drug-likeness (QED) is 0.919. The lowest BCUT2D eigenvalue weighted by Crippen LogP contribution is -2.25. The number of anilines is 1. The number of hydrogen-bond acceptors (Lipinski definition) is 4. The minimum absolute atomic E-state index is 0.000398. The van der Waals surface area contributed by atoms with Crippen molar-refractivity contribution in [1.29, 1.82) is 0 Å². The second kappa shape index (κ2) is 4.97. The maximum atomic E-state index is 12.1. The highest BCUT2D eigenvalue weighted by molar-refractivity contribution is 7.14. The Bertz CT molecular complexity index is 581. The molecule has 0 aliphatic carbocycles. The zero-order valence-electron chi connectivity index (χ0n) is 9.53. The molecule has 0 spiro atoms. The summed E-state index contributed by atoms with van der Waals surface area (Å²) in [5.41, 5.74) is 0.256. The fraction of sp³-hybridized carbons (Fsp3) is 0.0833. The lowest BCUT2D eigenvalue weighted by Gasteiger charge is -2.14. The van der Waals surface area contributed by atoms with E-state index in [0.717, 1.165) is 5.00 Å². The number of carbonyl (C=O) groups is 2. The third-order valence-corrected chi connectivity index (χ3v) is 3.32. The molecule has 0 aliphatic rings. The Kier molecular flexibility index (Phi) is 3.38. The molecule has 0 radical (unpaired) electrons. The van der Waals surface area contributed by atoms with Crippen LogP contribution in [0, 0.1) is 0 Å². The summed E-state index contributed by atoms with van der Waals surface area (Å²) < 4.78 is 0. The van der Waals surface area contributed by atoms with Crippen molar-refractivity contribution in [2.75, 3.05) is 11.9 Å². The van der Waals surface area contributed by atoms with E-state index in [1.165, 1.54) is 34.7 Å². The predicted molar refractivity (Wildman–Crippen MR) is 68.2 cm³/mol. The van der Waals surface area contributed by atoms with E-state index in [2.05, 4.69) is 4.98 Å². The average Bonchev–Trinajstić information content (AvgIpc) is 2.91. The lowest BCUT2D eigenvalue weighted by molar-refractivity contribution is 0.0696. The Morgan fingerprint density at radius 1 is 1.33 bits per heavy atom. The molecule has 0 bridgehead atoms. The van der Waals surface area contributed by atoms with Gasteiger partial charge in [0, 0.05) is 19.4 Å². The smallest absolute Gasteiger partial charge is 0.337 e. The van der Waals surface area contributed by atoms with Crippen LogP contribution in [0.15, 0.2) is 36.0 Å². The zero-order chi connectivity index (χ0) is 13.1. The molecule has 0 unspecified atom stereocenters. The molecule has 1 N–H and O–H groups in total. The lowest BCUT2D eigenvalue weighted by atomic mass is 10.2. The summed E-state index contributed by atoms with van der Waals surface area (Å²) in [6, 6.07) is 4.98. The number of thiophene rings is 1. The highest BCUT2D eigenvalue weighted by Gasteiger charge is 2.16. The molecule has 2 heterocycles. The van der Waals surface area contributed by atoms with Gasteiger partial charge in [0.2, 0.25) is 0 Å². The van der Waals surface area contributed by atoms with E-state index < -0.39 is 5.97 Å². The van der Waals surface area contributed by atoms with Crippen LogP contribution in [0.5, 0.6) is 0 Å². The Hall–Kier alpha value is -2.21. The first-order chi connectivity index (χ1) is 8.59. The summed E-state index contributed by atoms with van der Waals surface area (Å²) >= 11 is 1.43. The number of nitrogens with zero attached hydrogens (tertiary/aromatic N) is 2. The first-order valence-electron chi connectivity index (χ1n) is 5.09. The van der Waals surface area contributed by atoms with Crippen LogP contribution in [0.4, 0.5) is 5.00 Å². The topological polar surface area (TPSA) is 70.5 Å².